The van der Waals surface area contributed by atoms with Gasteiger partial charge in [-0.2, -0.15) is 0 Å². The van der Waals surface area contributed by atoms with Crippen molar-refractivity contribution in [1.82, 2.24) is 0 Å². The van der Waals surface area contributed by atoms with Gasteiger partial charge in [0.05, 0.1) is 13.2 Å². The van der Waals surface area contributed by atoms with Crippen LogP contribution >= 0.6 is 0 Å². The SMILES string of the molecule is CC[C@H](C)c1ccccc1OCCCC[NH+]1CC[NH2+]CC1. The van der Waals surface area contributed by atoms with Crippen LogP contribution in [0.15, 0.2) is 24.3 Å². The fourth-order valence-corrected chi connectivity index (χ4v) is 3.03. The highest BCUT2D eigenvalue weighted by atomic mass is 16.5. The lowest BCUT2D eigenvalue weighted by molar-refractivity contribution is -0.946. The summed E-state index contributed by atoms with van der Waals surface area (Å²) in [5.74, 6) is 1.67. The number of para-hydroxylation sites is 1. The van der Waals surface area contributed by atoms with Crippen molar-refractivity contribution in [2.75, 3.05) is 39.3 Å². The summed E-state index contributed by atoms with van der Waals surface area (Å²) in [6, 6.07) is 8.52. The van der Waals surface area contributed by atoms with E-state index in [4.69, 9.17) is 4.74 Å². The summed E-state index contributed by atoms with van der Waals surface area (Å²) in [6.07, 6.45) is 3.61. The average Bonchev–Trinajstić information content (AvgIpc) is 2.55. The van der Waals surface area contributed by atoms with E-state index in [1.807, 2.05) is 0 Å². The molecule has 0 bridgehead atoms. The van der Waals surface area contributed by atoms with Gasteiger partial charge in [-0.3, -0.25) is 0 Å². The van der Waals surface area contributed by atoms with Gasteiger partial charge in [0, 0.05) is 0 Å². The highest BCUT2D eigenvalue weighted by Crippen LogP contribution is 2.28. The Labute approximate surface area is 129 Å². The van der Waals surface area contributed by atoms with E-state index in [0.29, 0.717) is 5.92 Å². The predicted octanol–water partition coefficient (Wildman–Crippen LogP) is 0.821. The molecule has 0 aliphatic carbocycles. The highest BCUT2D eigenvalue weighted by Gasteiger charge is 2.14. The number of quaternary nitrogens is 2. The largest absolute Gasteiger partial charge is 0.493 e. The lowest BCUT2D eigenvalue weighted by atomic mass is 9.98. The Bertz CT molecular complexity index is 402. The molecule has 0 spiro atoms. The van der Waals surface area contributed by atoms with Crippen LogP contribution < -0.4 is 15.0 Å². The molecule has 3 nitrogen and oxygen atoms in total. The standard InChI is InChI=1S/C18H30N2O/c1-3-16(2)17-8-4-5-9-18(17)21-15-7-6-12-20-13-10-19-11-14-20/h4-5,8-9,16,19H,3,6-7,10-15H2,1-2H3/p+2/t16-/m0/s1. The zero-order valence-corrected chi connectivity index (χ0v) is 13.7. The van der Waals surface area contributed by atoms with Gasteiger partial charge in [-0.05, 0) is 36.8 Å². The third-order valence-electron chi connectivity index (χ3n) is 4.65. The van der Waals surface area contributed by atoms with Crippen LogP contribution in [-0.4, -0.2) is 39.3 Å². The highest BCUT2D eigenvalue weighted by molar-refractivity contribution is 5.35. The first-order chi connectivity index (χ1) is 10.3. The van der Waals surface area contributed by atoms with Gasteiger partial charge < -0.3 is 15.0 Å². The van der Waals surface area contributed by atoms with E-state index in [-0.39, 0.29) is 0 Å². The summed E-state index contributed by atoms with van der Waals surface area (Å²) in [7, 11) is 0. The monoisotopic (exact) mass is 292 g/mol. The Morgan fingerprint density at radius 1 is 1.19 bits per heavy atom. The molecule has 0 saturated carbocycles. The molecule has 3 heteroatoms. The van der Waals surface area contributed by atoms with E-state index in [0.717, 1.165) is 18.8 Å². The van der Waals surface area contributed by atoms with Gasteiger partial charge in [-0.15, -0.1) is 0 Å². The zero-order chi connectivity index (χ0) is 14.9. The maximum atomic E-state index is 6.03. The summed E-state index contributed by atoms with van der Waals surface area (Å²) in [5.41, 5.74) is 1.36. The minimum atomic E-state index is 0.579. The number of rotatable bonds is 8. The Morgan fingerprint density at radius 2 is 1.95 bits per heavy atom. The molecule has 1 aliphatic heterocycles. The maximum absolute atomic E-state index is 6.03. The van der Waals surface area contributed by atoms with E-state index >= 15 is 0 Å². The van der Waals surface area contributed by atoms with E-state index in [1.54, 1.807) is 4.90 Å². The molecule has 0 radical (unpaired) electrons. The molecule has 118 valence electrons. The molecule has 1 aromatic carbocycles. The second kappa shape index (κ2) is 9.06. The molecule has 21 heavy (non-hydrogen) atoms. The first-order valence-electron chi connectivity index (χ1n) is 8.68. The third kappa shape index (κ3) is 5.33. The molecule has 1 atom stereocenters. The van der Waals surface area contributed by atoms with Crippen molar-refractivity contribution in [1.29, 1.82) is 0 Å². The van der Waals surface area contributed by atoms with Gasteiger partial charge in [0.1, 0.15) is 31.9 Å². The lowest BCUT2D eigenvalue weighted by Gasteiger charge is -2.22. The van der Waals surface area contributed by atoms with Gasteiger partial charge in [0.2, 0.25) is 0 Å². The number of hydrogen-bond donors (Lipinski definition) is 2. The molecule has 0 unspecified atom stereocenters. The molecule has 1 aliphatic rings. The van der Waals surface area contributed by atoms with Crippen LogP contribution in [0.5, 0.6) is 5.75 Å². The van der Waals surface area contributed by atoms with Gasteiger partial charge in [0.25, 0.3) is 0 Å². The van der Waals surface area contributed by atoms with Crippen molar-refractivity contribution in [2.45, 2.75) is 39.0 Å². The lowest BCUT2D eigenvalue weighted by Crippen LogP contribution is -3.20. The van der Waals surface area contributed by atoms with Gasteiger partial charge >= 0.3 is 0 Å². The van der Waals surface area contributed by atoms with Crippen molar-refractivity contribution in [3.05, 3.63) is 29.8 Å². The second-order valence-corrected chi connectivity index (χ2v) is 6.27. The van der Waals surface area contributed by atoms with Crippen molar-refractivity contribution in [3.63, 3.8) is 0 Å². The van der Waals surface area contributed by atoms with Crippen molar-refractivity contribution >= 4 is 0 Å². The van der Waals surface area contributed by atoms with Crippen molar-refractivity contribution < 1.29 is 15.0 Å². The van der Waals surface area contributed by atoms with Crippen LogP contribution in [0.4, 0.5) is 0 Å². The van der Waals surface area contributed by atoms with Gasteiger partial charge in [-0.25, -0.2) is 0 Å². The van der Waals surface area contributed by atoms with Crippen LogP contribution in [0.2, 0.25) is 0 Å². The topological polar surface area (TPSA) is 30.3 Å². The fraction of sp³-hybridized carbons (Fsp3) is 0.667. The summed E-state index contributed by atoms with van der Waals surface area (Å²) < 4.78 is 6.03. The average molecular weight is 292 g/mol. The molecule has 0 aromatic heterocycles. The molecule has 1 saturated heterocycles. The molecule has 0 amide bonds. The van der Waals surface area contributed by atoms with Crippen LogP contribution in [-0.2, 0) is 0 Å². The number of ether oxygens (including phenoxy) is 1. The Balaban J connectivity index is 1.68. The van der Waals surface area contributed by atoms with Crippen LogP contribution in [0.25, 0.3) is 0 Å². The first kappa shape index (κ1) is 16.3. The van der Waals surface area contributed by atoms with Crippen molar-refractivity contribution in [3.8, 4) is 5.75 Å². The zero-order valence-electron chi connectivity index (χ0n) is 13.7. The maximum Gasteiger partial charge on any atom is 0.127 e. The summed E-state index contributed by atoms with van der Waals surface area (Å²) in [4.78, 5) is 1.78. The van der Waals surface area contributed by atoms with Crippen LogP contribution in [0.3, 0.4) is 0 Å². The molecule has 1 fully saturated rings. The Morgan fingerprint density at radius 3 is 2.71 bits per heavy atom. The molecule has 1 aromatic rings. The number of hydrogen-bond acceptors (Lipinski definition) is 1. The molecule has 3 N–H and O–H groups in total. The molecule has 2 rings (SSSR count). The molecule has 1 heterocycles. The van der Waals surface area contributed by atoms with Gasteiger partial charge in [-0.1, -0.05) is 32.0 Å². The number of nitrogens with two attached hydrogens (primary N) is 1. The van der Waals surface area contributed by atoms with Crippen molar-refractivity contribution in [2.24, 2.45) is 0 Å². The number of unbranched alkanes of at least 4 members (excludes halogenated alkanes) is 1. The van der Waals surface area contributed by atoms with E-state index in [2.05, 4.69) is 43.4 Å². The quantitative estimate of drug-likeness (QED) is 0.683. The summed E-state index contributed by atoms with van der Waals surface area (Å²) in [6.45, 7) is 11.9. The minimum Gasteiger partial charge on any atom is -0.493 e. The minimum absolute atomic E-state index is 0.579. The van der Waals surface area contributed by atoms with E-state index in [9.17, 15) is 0 Å². The fourth-order valence-electron chi connectivity index (χ4n) is 3.03. The van der Waals surface area contributed by atoms with Crippen LogP contribution in [0.1, 0.15) is 44.6 Å². The smallest absolute Gasteiger partial charge is 0.127 e. The van der Waals surface area contributed by atoms with Crippen LogP contribution in [0, 0.1) is 0 Å². The predicted molar refractivity (Wildman–Crippen MR) is 87.1 cm³/mol. The molecular formula is C18H32N2O+2. The molecular weight excluding hydrogens is 260 g/mol. The third-order valence-corrected chi connectivity index (χ3v) is 4.65. The summed E-state index contributed by atoms with van der Waals surface area (Å²) in [5, 5.41) is 2.43. The van der Waals surface area contributed by atoms with E-state index in [1.165, 1.54) is 51.1 Å². The number of nitrogens with one attached hydrogen (secondary N) is 1. The van der Waals surface area contributed by atoms with E-state index < -0.39 is 0 Å². The second-order valence-electron chi connectivity index (χ2n) is 6.27. The van der Waals surface area contributed by atoms with Gasteiger partial charge in [0.15, 0.2) is 0 Å². The summed E-state index contributed by atoms with van der Waals surface area (Å²) >= 11 is 0. The Hall–Kier alpha value is -1.06. The normalized spacial score (nSPS) is 17.6. The number of benzene rings is 1. The first-order valence-corrected chi connectivity index (χ1v) is 8.68. The number of piperazine rings is 1. The Kier molecular flexibility index (Phi) is 7.04.